The normalized spacial score (nSPS) is 21.5. The predicted octanol–water partition coefficient (Wildman–Crippen LogP) is 0.528. The lowest BCUT2D eigenvalue weighted by molar-refractivity contribution is 0.138. The average Bonchev–Trinajstić information content (AvgIpc) is 2.09. The van der Waals surface area contributed by atoms with Gasteiger partial charge in [-0.25, -0.2) is 0 Å². The summed E-state index contributed by atoms with van der Waals surface area (Å²) in [6.07, 6.45) is 1.96. The second-order valence-electron chi connectivity index (χ2n) is 3.13. The molecule has 0 N–H and O–H groups in total. The molecular formula is C8H18N2OS. The molecule has 12 heavy (non-hydrogen) atoms. The molecular weight excluding hydrogens is 172 g/mol. The molecule has 1 heterocycles. The van der Waals surface area contributed by atoms with Gasteiger partial charge in [-0.05, 0) is 19.1 Å². The first-order valence-electron chi connectivity index (χ1n) is 4.39. The Labute approximate surface area is 79.3 Å². The lowest BCUT2D eigenvalue weighted by Crippen LogP contribution is -2.45. The fraction of sp³-hybridized carbons (Fsp3) is 1.00. The zero-order chi connectivity index (χ0) is 8.81. The molecule has 0 atom stereocenters. The first kappa shape index (κ1) is 10.3. The van der Waals surface area contributed by atoms with Gasteiger partial charge in [0.2, 0.25) is 0 Å². The number of likely N-dealkylation sites (N-methyl/N-ethyl adjacent to an activating group) is 1. The summed E-state index contributed by atoms with van der Waals surface area (Å²) in [6.45, 7) is 6.70. The van der Waals surface area contributed by atoms with Gasteiger partial charge in [0.25, 0.3) is 0 Å². The van der Waals surface area contributed by atoms with Crippen LogP contribution in [0.15, 0.2) is 0 Å². The first-order chi connectivity index (χ1) is 5.83. The molecule has 1 saturated heterocycles. The molecule has 1 rings (SSSR count). The highest BCUT2D eigenvalue weighted by Gasteiger charge is 2.12. The second-order valence-corrected chi connectivity index (χ2v) is 3.70. The molecule has 0 aromatic heterocycles. The van der Waals surface area contributed by atoms with Crippen LogP contribution in [0.25, 0.3) is 0 Å². The molecule has 0 spiro atoms. The fourth-order valence-corrected chi connectivity index (χ4v) is 1.56. The lowest BCUT2D eigenvalue weighted by atomic mass is 10.3. The van der Waals surface area contributed by atoms with Crippen LogP contribution in [0, 0.1) is 0 Å². The molecule has 0 aromatic carbocycles. The molecule has 4 heteroatoms. The van der Waals surface area contributed by atoms with Crippen molar-refractivity contribution in [2.24, 2.45) is 0 Å². The van der Waals surface area contributed by atoms with E-state index in [0.29, 0.717) is 0 Å². The van der Waals surface area contributed by atoms with E-state index in [2.05, 4.69) is 16.8 Å². The molecule has 3 nitrogen and oxygen atoms in total. The third-order valence-electron chi connectivity index (χ3n) is 2.20. The van der Waals surface area contributed by atoms with Crippen molar-refractivity contribution in [3.05, 3.63) is 0 Å². The van der Waals surface area contributed by atoms with Crippen LogP contribution in [-0.2, 0) is 4.18 Å². The Morgan fingerprint density at radius 3 is 2.50 bits per heavy atom. The monoisotopic (exact) mass is 190 g/mol. The minimum absolute atomic E-state index is 0.852. The molecule has 0 aromatic rings. The molecule has 0 radical (unpaired) electrons. The van der Waals surface area contributed by atoms with Crippen molar-refractivity contribution in [1.29, 1.82) is 0 Å². The molecule has 1 aliphatic heterocycles. The van der Waals surface area contributed by atoms with Crippen LogP contribution in [0.4, 0.5) is 0 Å². The van der Waals surface area contributed by atoms with Crippen molar-refractivity contribution < 1.29 is 4.18 Å². The summed E-state index contributed by atoms with van der Waals surface area (Å²) >= 11 is 1.45. The van der Waals surface area contributed by atoms with Crippen LogP contribution in [0.5, 0.6) is 0 Å². The Hall–Kier alpha value is 0.230. The molecule has 0 saturated carbocycles. The number of hydrogen-bond donors (Lipinski definition) is 0. The van der Waals surface area contributed by atoms with E-state index in [1.807, 2.05) is 6.26 Å². The summed E-state index contributed by atoms with van der Waals surface area (Å²) in [5.41, 5.74) is 0. The maximum absolute atomic E-state index is 5.22. The standard InChI is InChI=1S/C8H18N2OS/c1-9-3-5-10(6-4-9)7-8-11-12-2/h3-8H2,1-2H3. The van der Waals surface area contributed by atoms with E-state index < -0.39 is 0 Å². The van der Waals surface area contributed by atoms with Crippen LogP contribution in [0.1, 0.15) is 0 Å². The molecule has 0 amide bonds. The van der Waals surface area contributed by atoms with Gasteiger partial charge in [-0.2, -0.15) is 0 Å². The summed E-state index contributed by atoms with van der Waals surface area (Å²) in [7, 11) is 2.18. The van der Waals surface area contributed by atoms with Crippen molar-refractivity contribution in [3.8, 4) is 0 Å². The zero-order valence-corrected chi connectivity index (χ0v) is 8.77. The van der Waals surface area contributed by atoms with E-state index in [9.17, 15) is 0 Å². The Balaban J connectivity index is 2.01. The third-order valence-corrected chi connectivity index (χ3v) is 2.61. The lowest BCUT2D eigenvalue weighted by Gasteiger charge is -2.31. The van der Waals surface area contributed by atoms with Gasteiger partial charge in [0.1, 0.15) is 0 Å². The van der Waals surface area contributed by atoms with E-state index in [1.54, 1.807) is 0 Å². The van der Waals surface area contributed by atoms with Crippen LogP contribution in [-0.4, -0.2) is 62.4 Å². The zero-order valence-electron chi connectivity index (χ0n) is 7.95. The highest BCUT2D eigenvalue weighted by molar-refractivity contribution is 7.93. The van der Waals surface area contributed by atoms with Crippen LogP contribution >= 0.6 is 12.0 Å². The van der Waals surface area contributed by atoms with E-state index in [0.717, 1.165) is 13.2 Å². The number of nitrogens with zero attached hydrogens (tertiary/aromatic N) is 2. The Morgan fingerprint density at radius 1 is 1.25 bits per heavy atom. The van der Waals surface area contributed by atoms with Crippen molar-refractivity contribution >= 4 is 12.0 Å². The molecule has 72 valence electrons. The van der Waals surface area contributed by atoms with E-state index in [-0.39, 0.29) is 0 Å². The Morgan fingerprint density at radius 2 is 1.92 bits per heavy atom. The highest BCUT2D eigenvalue weighted by Crippen LogP contribution is 2.00. The summed E-state index contributed by atoms with van der Waals surface area (Å²) in [6, 6.07) is 0. The molecule has 1 aliphatic rings. The molecule has 0 aliphatic carbocycles. The number of rotatable bonds is 4. The van der Waals surface area contributed by atoms with Gasteiger partial charge in [0, 0.05) is 39.0 Å². The van der Waals surface area contributed by atoms with Crippen molar-refractivity contribution in [1.82, 2.24) is 9.80 Å². The third kappa shape index (κ3) is 3.76. The highest BCUT2D eigenvalue weighted by atomic mass is 32.2. The van der Waals surface area contributed by atoms with Gasteiger partial charge < -0.3 is 9.08 Å². The first-order valence-corrected chi connectivity index (χ1v) is 5.54. The summed E-state index contributed by atoms with van der Waals surface area (Å²) in [4.78, 5) is 4.82. The smallest absolute Gasteiger partial charge is 0.0740 e. The minimum Gasteiger partial charge on any atom is -0.314 e. The fourth-order valence-electron chi connectivity index (χ4n) is 1.32. The predicted molar refractivity (Wildman–Crippen MR) is 53.4 cm³/mol. The van der Waals surface area contributed by atoms with E-state index >= 15 is 0 Å². The Kier molecular flexibility index (Phi) is 4.99. The number of hydrogen-bond acceptors (Lipinski definition) is 4. The molecule has 1 fully saturated rings. The van der Waals surface area contributed by atoms with Gasteiger partial charge in [-0.1, -0.05) is 0 Å². The van der Waals surface area contributed by atoms with E-state index in [1.165, 1.54) is 38.2 Å². The maximum Gasteiger partial charge on any atom is 0.0740 e. The van der Waals surface area contributed by atoms with Crippen molar-refractivity contribution in [2.75, 3.05) is 52.6 Å². The SMILES string of the molecule is CSOCCN1CCN(C)CC1. The average molecular weight is 190 g/mol. The Bertz CT molecular complexity index is 116. The quantitative estimate of drug-likeness (QED) is 0.474. The van der Waals surface area contributed by atoms with Crippen molar-refractivity contribution in [2.45, 2.75) is 0 Å². The van der Waals surface area contributed by atoms with Gasteiger partial charge in [0.05, 0.1) is 6.61 Å². The molecule has 0 unspecified atom stereocenters. The largest absolute Gasteiger partial charge is 0.314 e. The van der Waals surface area contributed by atoms with Gasteiger partial charge in [-0.15, -0.1) is 0 Å². The maximum atomic E-state index is 5.22. The summed E-state index contributed by atoms with van der Waals surface area (Å²) in [5.74, 6) is 0. The van der Waals surface area contributed by atoms with E-state index in [4.69, 9.17) is 4.18 Å². The number of piperazine rings is 1. The van der Waals surface area contributed by atoms with Crippen LogP contribution < -0.4 is 0 Å². The molecule has 0 bridgehead atoms. The topological polar surface area (TPSA) is 15.7 Å². The van der Waals surface area contributed by atoms with Gasteiger partial charge >= 0.3 is 0 Å². The summed E-state index contributed by atoms with van der Waals surface area (Å²) in [5, 5.41) is 0. The minimum atomic E-state index is 0.852. The second kappa shape index (κ2) is 5.80. The van der Waals surface area contributed by atoms with Crippen molar-refractivity contribution in [3.63, 3.8) is 0 Å². The van der Waals surface area contributed by atoms with Gasteiger partial charge in [-0.3, -0.25) is 4.90 Å². The van der Waals surface area contributed by atoms with Crippen LogP contribution in [0.2, 0.25) is 0 Å². The van der Waals surface area contributed by atoms with Gasteiger partial charge in [0.15, 0.2) is 0 Å². The van der Waals surface area contributed by atoms with Crippen LogP contribution in [0.3, 0.4) is 0 Å². The summed E-state index contributed by atoms with van der Waals surface area (Å²) < 4.78 is 5.22.